The number of H-pyrrole nitrogens is 1. The highest BCUT2D eigenvalue weighted by Gasteiger charge is 2.30. The van der Waals surface area contributed by atoms with Gasteiger partial charge in [-0.1, -0.05) is 26.2 Å². The van der Waals surface area contributed by atoms with Crippen molar-refractivity contribution in [2.45, 2.75) is 77.4 Å². The average molecular weight is 469 g/mol. The molecule has 2 N–H and O–H groups in total. The van der Waals surface area contributed by atoms with Crippen LogP contribution in [0.25, 0.3) is 10.9 Å². The van der Waals surface area contributed by atoms with Crippen LogP contribution >= 0.6 is 0 Å². The first-order chi connectivity index (χ1) is 16.6. The van der Waals surface area contributed by atoms with Gasteiger partial charge in [-0.2, -0.15) is 0 Å². The number of hydrogen-bond acceptors (Lipinski definition) is 7. The summed E-state index contributed by atoms with van der Waals surface area (Å²) in [6.45, 7) is 5.88. The lowest BCUT2D eigenvalue weighted by Gasteiger charge is -2.31. The highest BCUT2D eigenvalue weighted by atomic mass is 16.5. The third-order valence-electron chi connectivity index (χ3n) is 6.67. The van der Waals surface area contributed by atoms with Crippen molar-refractivity contribution in [1.82, 2.24) is 30.1 Å². The molecule has 0 aliphatic heterocycles. The van der Waals surface area contributed by atoms with Crippen molar-refractivity contribution in [3.8, 4) is 5.75 Å². The Bertz CT molecular complexity index is 1120. The second kappa shape index (κ2) is 11.6. The number of fused-ring (bicyclic) bond motifs is 1. The standard InChI is InChI=1S/C25H36N6O3/c1-3-8-23(24-27-28-29-31(24)20-9-5-6-10-20)30(13-7-14-32)17-19-15-18-16-21(34-4-2)11-12-22(18)26-25(19)33/h11-12,15-16,20,23,32H,3-10,13-14,17H2,1-2H3,(H,26,33)/t23-/m0/s1. The fourth-order valence-electron chi connectivity index (χ4n) is 5.02. The van der Waals surface area contributed by atoms with Crippen LogP contribution in [0.2, 0.25) is 0 Å². The van der Waals surface area contributed by atoms with E-state index in [2.05, 4.69) is 32.3 Å². The Kier molecular flexibility index (Phi) is 8.29. The Hall–Kier alpha value is -2.78. The summed E-state index contributed by atoms with van der Waals surface area (Å²) in [6, 6.07) is 7.97. The molecule has 1 aliphatic rings. The van der Waals surface area contributed by atoms with E-state index >= 15 is 0 Å². The van der Waals surface area contributed by atoms with Crippen LogP contribution in [-0.4, -0.2) is 55.0 Å². The van der Waals surface area contributed by atoms with Gasteiger partial charge >= 0.3 is 0 Å². The van der Waals surface area contributed by atoms with Crippen molar-refractivity contribution in [1.29, 1.82) is 0 Å². The fourth-order valence-corrected chi connectivity index (χ4v) is 5.02. The SMILES string of the molecule is CCC[C@@H](c1nnnn1C1CCCC1)N(CCCO)Cc1cc2cc(OCC)ccc2[nH]c1=O. The lowest BCUT2D eigenvalue weighted by atomic mass is 10.1. The van der Waals surface area contributed by atoms with Gasteiger partial charge in [0.05, 0.1) is 18.7 Å². The lowest BCUT2D eigenvalue weighted by Crippen LogP contribution is -2.34. The average Bonchev–Trinajstić information content (AvgIpc) is 3.53. The number of tetrazole rings is 1. The maximum Gasteiger partial charge on any atom is 0.252 e. The number of benzene rings is 1. The van der Waals surface area contributed by atoms with Crippen molar-refractivity contribution in [3.63, 3.8) is 0 Å². The minimum atomic E-state index is -0.101. The van der Waals surface area contributed by atoms with Gasteiger partial charge in [0.25, 0.3) is 5.56 Å². The van der Waals surface area contributed by atoms with Crippen LogP contribution in [0.15, 0.2) is 29.1 Å². The maximum absolute atomic E-state index is 13.0. The molecule has 184 valence electrons. The molecule has 0 amide bonds. The first-order valence-electron chi connectivity index (χ1n) is 12.6. The van der Waals surface area contributed by atoms with Gasteiger partial charge in [-0.15, -0.1) is 5.10 Å². The molecule has 2 heterocycles. The molecule has 0 spiro atoms. The molecule has 4 rings (SSSR count). The van der Waals surface area contributed by atoms with Gasteiger partial charge < -0.3 is 14.8 Å². The zero-order chi connectivity index (χ0) is 23.9. The topological polar surface area (TPSA) is 109 Å². The van der Waals surface area contributed by atoms with Crippen LogP contribution in [-0.2, 0) is 6.54 Å². The van der Waals surface area contributed by atoms with Crippen molar-refractivity contribution < 1.29 is 9.84 Å². The van der Waals surface area contributed by atoms with Crippen LogP contribution in [0.3, 0.4) is 0 Å². The summed E-state index contributed by atoms with van der Waals surface area (Å²) < 4.78 is 7.66. The van der Waals surface area contributed by atoms with Gasteiger partial charge in [0.15, 0.2) is 5.82 Å². The van der Waals surface area contributed by atoms with Gasteiger partial charge in [-0.05, 0) is 67.3 Å². The molecule has 9 heteroatoms. The van der Waals surface area contributed by atoms with Gasteiger partial charge in [0.1, 0.15) is 5.75 Å². The van der Waals surface area contributed by atoms with Crippen LogP contribution in [0.5, 0.6) is 5.75 Å². The van der Waals surface area contributed by atoms with E-state index in [9.17, 15) is 9.90 Å². The molecular weight excluding hydrogens is 432 g/mol. The maximum atomic E-state index is 13.0. The number of rotatable bonds is 12. The minimum absolute atomic E-state index is 0.0306. The highest BCUT2D eigenvalue weighted by Crippen LogP contribution is 2.33. The number of aliphatic hydroxyl groups excluding tert-OH is 1. The van der Waals surface area contributed by atoms with Crippen molar-refractivity contribution in [3.05, 3.63) is 46.0 Å². The molecule has 1 saturated carbocycles. The fraction of sp³-hybridized carbons (Fsp3) is 0.600. The van der Waals surface area contributed by atoms with E-state index in [4.69, 9.17) is 4.74 Å². The van der Waals surface area contributed by atoms with Gasteiger partial charge in [0, 0.05) is 36.2 Å². The third kappa shape index (κ3) is 5.47. The Morgan fingerprint density at radius 1 is 1.26 bits per heavy atom. The minimum Gasteiger partial charge on any atom is -0.494 e. The second-order valence-electron chi connectivity index (χ2n) is 9.08. The van der Waals surface area contributed by atoms with Crippen LogP contribution in [0, 0.1) is 0 Å². The molecule has 3 aromatic rings. The molecule has 9 nitrogen and oxygen atoms in total. The predicted octanol–water partition coefficient (Wildman–Crippen LogP) is 3.75. The summed E-state index contributed by atoms with van der Waals surface area (Å²) in [4.78, 5) is 18.3. The molecular formula is C25H36N6O3. The van der Waals surface area contributed by atoms with Crippen LogP contribution in [0.1, 0.15) is 82.3 Å². The Morgan fingerprint density at radius 2 is 2.09 bits per heavy atom. The van der Waals surface area contributed by atoms with Gasteiger partial charge in [-0.25, -0.2) is 4.68 Å². The van der Waals surface area contributed by atoms with Gasteiger partial charge in [-0.3, -0.25) is 9.69 Å². The van der Waals surface area contributed by atoms with Crippen LogP contribution in [0.4, 0.5) is 0 Å². The molecule has 0 bridgehead atoms. The molecule has 0 unspecified atom stereocenters. The molecule has 1 aliphatic carbocycles. The summed E-state index contributed by atoms with van der Waals surface area (Å²) in [6.07, 6.45) is 7.05. The second-order valence-corrected chi connectivity index (χ2v) is 9.08. The predicted molar refractivity (Wildman–Crippen MR) is 131 cm³/mol. The summed E-state index contributed by atoms with van der Waals surface area (Å²) in [7, 11) is 0. The molecule has 34 heavy (non-hydrogen) atoms. The largest absolute Gasteiger partial charge is 0.494 e. The lowest BCUT2D eigenvalue weighted by molar-refractivity contribution is 0.145. The Morgan fingerprint density at radius 3 is 2.82 bits per heavy atom. The molecule has 2 aromatic heterocycles. The summed E-state index contributed by atoms with van der Waals surface area (Å²) in [5, 5.41) is 23.3. The summed E-state index contributed by atoms with van der Waals surface area (Å²) >= 11 is 0. The molecule has 1 atom stereocenters. The van der Waals surface area contributed by atoms with E-state index < -0.39 is 0 Å². The zero-order valence-corrected chi connectivity index (χ0v) is 20.2. The quantitative estimate of drug-likeness (QED) is 0.417. The van der Waals surface area contributed by atoms with E-state index in [1.54, 1.807) is 0 Å². The van der Waals surface area contributed by atoms with E-state index in [1.165, 1.54) is 12.8 Å². The van der Waals surface area contributed by atoms with E-state index in [0.29, 0.717) is 37.7 Å². The zero-order valence-electron chi connectivity index (χ0n) is 20.2. The number of pyridine rings is 1. The van der Waals surface area contributed by atoms with Crippen LogP contribution < -0.4 is 10.3 Å². The monoisotopic (exact) mass is 468 g/mol. The summed E-state index contributed by atoms with van der Waals surface area (Å²) in [5.74, 6) is 1.65. The Labute approximate surface area is 200 Å². The normalized spacial score (nSPS) is 15.4. The molecule has 1 aromatic carbocycles. The van der Waals surface area contributed by atoms with E-state index in [-0.39, 0.29) is 18.2 Å². The number of aliphatic hydroxyl groups is 1. The summed E-state index contributed by atoms with van der Waals surface area (Å²) in [5.41, 5.74) is 1.37. The first-order valence-corrected chi connectivity index (χ1v) is 12.6. The number of aromatic amines is 1. The molecule has 1 fully saturated rings. The highest BCUT2D eigenvalue weighted by molar-refractivity contribution is 5.80. The molecule has 0 radical (unpaired) electrons. The number of nitrogens with zero attached hydrogens (tertiary/aromatic N) is 5. The number of ether oxygens (including phenoxy) is 1. The first kappa shape index (κ1) is 24.3. The number of aromatic nitrogens is 5. The smallest absolute Gasteiger partial charge is 0.252 e. The molecule has 0 saturated heterocycles. The van der Waals surface area contributed by atoms with Gasteiger partial charge in [0.2, 0.25) is 0 Å². The third-order valence-corrected chi connectivity index (χ3v) is 6.67. The Balaban J connectivity index is 1.68. The van der Waals surface area contributed by atoms with Crippen molar-refractivity contribution >= 4 is 10.9 Å². The van der Waals surface area contributed by atoms with E-state index in [1.807, 2.05) is 35.9 Å². The van der Waals surface area contributed by atoms with E-state index in [0.717, 1.165) is 48.2 Å². The van der Waals surface area contributed by atoms with Crippen molar-refractivity contribution in [2.24, 2.45) is 0 Å². The van der Waals surface area contributed by atoms with Crippen molar-refractivity contribution in [2.75, 3.05) is 19.8 Å². The number of nitrogens with one attached hydrogen (secondary N) is 1. The number of hydrogen-bond donors (Lipinski definition) is 2.